The van der Waals surface area contributed by atoms with Crippen LogP contribution in [0.15, 0.2) is 10.5 Å². The Morgan fingerprint density at radius 2 is 1.94 bits per heavy atom. The minimum Gasteiger partial charge on any atom is -0.495 e. The van der Waals surface area contributed by atoms with E-state index >= 15 is 0 Å². The summed E-state index contributed by atoms with van der Waals surface area (Å²) in [6.07, 6.45) is 0.687. The molecule has 0 unspecified atom stereocenters. The summed E-state index contributed by atoms with van der Waals surface area (Å²) >= 11 is 3.30. The van der Waals surface area contributed by atoms with Crippen LogP contribution < -0.4 is 9.47 Å². The monoisotopic (exact) mass is 288 g/mol. The molecule has 1 rings (SSSR count). The van der Waals surface area contributed by atoms with Crippen molar-refractivity contribution >= 4 is 21.9 Å². The predicted molar refractivity (Wildman–Crippen MR) is 63.6 cm³/mol. The SMILES string of the molecule is CCc1cc(C(=O)O)c(OC)c(Br)c1OC. The van der Waals surface area contributed by atoms with E-state index in [2.05, 4.69) is 15.9 Å². The van der Waals surface area contributed by atoms with Crippen LogP contribution in [0.3, 0.4) is 0 Å². The number of hydrogen-bond donors (Lipinski definition) is 1. The first-order valence-corrected chi connectivity index (χ1v) is 5.52. The zero-order valence-corrected chi connectivity index (χ0v) is 10.9. The molecule has 0 atom stereocenters. The van der Waals surface area contributed by atoms with E-state index < -0.39 is 5.97 Å². The van der Waals surface area contributed by atoms with Crippen molar-refractivity contribution in [2.24, 2.45) is 0 Å². The third-order valence-electron chi connectivity index (χ3n) is 2.27. The largest absolute Gasteiger partial charge is 0.495 e. The molecule has 16 heavy (non-hydrogen) atoms. The zero-order chi connectivity index (χ0) is 12.3. The number of aromatic carboxylic acids is 1. The van der Waals surface area contributed by atoms with Gasteiger partial charge in [-0.1, -0.05) is 6.92 Å². The summed E-state index contributed by atoms with van der Waals surface area (Å²) < 4.78 is 10.8. The maximum Gasteiger partial charge on any atom is 0.339 e. The van der Waals surface area contributed by atoms with E-state index in [1.165, 1.54) is 7.11 Å². The molecule has 0 saturated carbocycles. The molecular formula is C11H13BrO4. The number of aryl methyl sites for hydroxylation is 1. The Morgan fingerprint density at radius 3 is 2.31 bits per heavy atom. The molecule has 0 radical (unpaired) electrons. The maximum absolute atomic E-state index is 11.1. The second kappa shape index (κ2) is 5.21. The smallest absolute Gasteiger partial charge is 0.339 e. The van der Waals surface area contributed by atoms with Crippen molar-refractivity contribution in [1.29, 1.82) is 0 Å². The van der Waals surface area contributed by atoms with Crippen LogP contribution >= 0.6 is 15.9 Å². The number of carbonyl (C=O) groups is 1. The molecule has 0 aliphatic carbocycles. The van der Waals surface area contributed by atoms with Gasteiger partial charge in [0.05, 0.1) is 14.2 Å². The van der Waals surface area contributed by atoms with Crippen molar-refractivity contribution in [2.45, 2.75) is 13.3 Å². The molecule has 4 nitrogen and oxygen atoms in total. The highest BCUT2D eigenvalue weighted by molar-refractivity contribution is 9.10. The van der Waals surface area contributed by atoms with Crippen LogP contribution in [0.5, 0.6) is 11.5 Å². The zero-order valence-electron chi connectivity index (χ0n) is 9.33. The van der Waals surface area contributed by atoms with E-state index in [0.717, 1.165) is 5.56 Å². The lowest BCUT2D eigenvalue weighted by molar-refractivity contribution is 0.0693. The van der Waals surface area contributed by atoms with Crippen molar-refractivity contribution in [3.8, 4) is 11.5 Å². The van der Waals surface area contributed by atoms with Gasteiger partial charge in [0.15, 0.2) is 5.75 Å². The second-order valence-corrected chi connectivity index (χ2v) is 3.92. The fraction of sp³-hybridized carbons (Fsp3) is 0.364. The van der Waals surface area contributed by atoms with Crippen LogP contribution in [-0.2, 0) is 6.42 Å². The molecule has 0 heterocycles. The molecule has 0 amide bonds. The molecule has 0 aromatic heterocycles. The molecule has 0 saturated heterocycles. The van der Waals surface area contributed by atoms with Gasteiger partial charge >= 0.3 is 5.97 Å². The van der Waals surface area contributed by atoms with E-state index in [9.17, 15) is 4.79 Å². The van der Waals surface area contributed by atoms with Gasteiger partial charge < -0.3 is 14.6 Å². The van der Waals surface area contributed by atoms with Gasteiger partial charge in [-0.3, -0.25) is 0 Å². The molecule has 0 fully saturated rings. The molecule has 0 spiro atoms. The second-order valence-electron chi connectivity index (χ2n) is 3.12. The summed E-state index contributed by atoms with van der Waals surface area (Å²) in [4.78, 5) is 11.1. The van der Waals surface area contributed by atoms with Gasteiger partial charge in [-0.2, -0.15) is 0 Å². The van der Waals surface area contributed by atoms with Crippen molar-refractivity contribution in [2.75, 3.05) is 14.2 Å². The van der Waals surface area contributed by atoms with E-state index in [-0.39, 0.29) is 11.3 Å². The van der Waals surface area contributed by atoms with Crippen LogP contribution in [0.25, 0.3) is 0 Å². The normalized spacial score (nSPS) is 10.0. The van der Waals surface area contributed by atoms with Crippen molar-refractivity contribution in [3.05, 3.63) is 21.7 Å². The van der Waals surface area contributed by atoms with E-state index in [4.69, 9.17) is 14.6 Å². The lowest BCUT2D eigenvalue weighted by Gasteiger charge is -2.14. The lowest BCUT2D eigenvalue weighted by Crippen LogP contribution is -2.04. The van der Waals surface area contributed by atoms with Crippen LogP contribution in [-0.4, -0.2) is 25.3 Å². The number of rotatable bonds is 4. The van der Waals surface area contributed by atoms with Gasteiger partial charge in [0, 0.05) is 0 Å². The highest BCUT2D eigenvalue weighted by Gasteiger charge is 2.20. The topological polar surface area (TPSA) is 55.8 Å². The maximum atomic E-state index is 11.1. The molecule has 0 aliphatic heterocycles. The molecule has 1 N–H and O–H groups in total. The number of halogens is 1. The Hall–Kier alpha value is -1.23. The minimum absolute atomic E-state index is 0.132. The fourth-order valence-corrected chi connectivity index (χ4v) is 2.30. The van der Waals surface area contributed by atoms with Crippen LogP contribution in [0.4, 0.5) is 0 Å². The summed E-state index contributed by atoms with van der Waals surface area (Å²) in [5.41, 5.74) is 0.958. The Morgan fingerprint density at radius 1 is 1.38 bits per heavy atom. The molecule has 0 bridgehead atoms. The van der Waals surface area contributed by atoms with Crippen molar-refractivity contribution < 1.29 is 19.4 Å². The number of hydrogen-bond acceptors (Lipinski definition) is 3. The number of methoxy groups -OCH3 is 2. The van der Waals surface area contributed by atoms with Crippen LogP contribution in [0.2, 0.25) is 0 Å². The quantitative estimate of drug-likeness (QED) is 0.926. The minimum atomic E-state index is -1.02. The summed E-state index contributed by atoms with van der Waals surface area (Å²) in [5.74, 6) is -0.124. The van der Waals surface area contributed by atoms with E-state index in [0.29, 0.717) is 16.6 Å². The number of carboxylic acid groups (broad SMARTS) is 1. The molecule has 1 aromatic carbocycles. The van der Waals surface area contributed by atoms with Crippen molar-refractivity contribution in [1.82, 2.24) is 0 Å². The average molecular weight is 289 g/mol. The van der Waals surface area contributed by atoms with Crippen molar-refractivity contribution in [3.63, 3.8) is 0 Å². The summed E-state index contributed by atoms with van der Waals surface area (Å²) in [6, 6.07) is 1.57. The van der Waals surface area contributed by atoms with Gasteiger partial charge in [-0.25, -0.2) is 4.79 Å². The number of ether oxygens (including phenoxy) is 2. The average Bonchev–Trinajstić information content (AvgIpc) is 2.27. The predicted octanol–water partition coefficient (Wildman–Crippen LogP) is 2.73. The van der Waals surface area contributed by atoms with Gasteiger partial charge in [0.1, 0.15) is 15.8 Å². The first-order valence-electron chi connectivity index (χ1n) is 4.73. The molecule has 5 heteroatoms. The molecule has 0 aliphatic rings. The Kier molecular flexibility index (Phi) is 4.18. The Balaban J connectivity index is 3.54. The third kappa shape index (κ3) is 2.14. The third-order valence-corrected chi connectivity index (χ3v) is 2.99. The first kappa shape index (κ1) is 12.8. The lowest BCUT2D eigenvalue weighted by atomic mass is 10.1. The Labute approximate surface area is 102 Å². The molecule has 1 aromatic rings. The Bertz CT molecular complexity index is 415. The molecule has 88 valence electrons. The van der Waals surface area contributed by atoms with E-state index in [1.54, 1.807) is 13.2 Å². The summed E-state index contributed by atoms with van der Waals surface area (Å²) in [6.45, 7) is 1.93. The highest BCUT2D eigenvalue weighted by atomic mass is 79.9. The van der Waals surface area contributed by atoms with Gasteiger partial charge in [-0.15, -0.1) is 0 Å². The first-order chi connectivity index (χ1) is 7.56. The molecular weight excluding hydrogens is 276 g/mol. The van der Waals surface area contributed by atoms with Gasteiger partial charge in [0.25, 0.3) is 0 Å². The number of carboxylic acids is 1. The van der Waals surface area contributed by atoms with E-state index in [1.807, 2.05) is 6.92 Å². The summed E-state index contributed by atoms with van der Waals surface area (Å²) in [7, 11) is 2.97. The number of benzene rings is 1. The van der Waals surface area contributed by atoms with Gasteiger partial charge in [-0.05, 0) is 34.0 Å². The highest BCUT2D eigenvalue weighted by Crippen LogP contribution is 2.40. The van der Waals surface area contributed by atoms with Gasteiger partial charge in [0.2, 0.25) is 0 Å². The standard InChI is InChI=1S/C11H13BrO4/c1-4-6-5-7(11(13)14)10(16-3)8(12)9(6)15-2/h5H,4H2,1-3H3,(H,13,14). The van der Waals surface area contributed by atoms with Crippen LogP contribution in [0.1, 0.15) is 22.8 Å². The fourth-order valence-electron chi connectivity index (χ4n) is 1.51. The summed E-state index contributed by atoms with van der Waals surface area (Å²) in [5, 5.41) is 9.06. The van der Waals surface area contributed by atoms with Crippen LogP contribution in [0, 0.1) is 0 Å².